The first-order chi connectivity index (χ1) is 9.69. The van der Waals surface area contributed by atoms with Crippen molar-refractivity contribution in [2.75, 3.05) is 31.1 Å². The van der Waals surface area contributed by atoms with E-state index in [0.717, 1.165) is 37.4 Å². The highest BCUT2D eigenvalue weighted by molar-refractivity contribution is 5.49. The molecule has 1 unspecified atom stereocenters. The smallest absolute Gasteiger partial charge is 0.250 e. The molecule has 0 bridgehead atoms. The number of hydrogen-bond acceptors (Lipinski definition) is 3. The zero-order chi connectivity index (χ0) is 14.4. The highest BCUT2D eigenvalue weighted by Crippen LogP contribution is 2.23. The molecule has 0 radical (unpaired) electrons. The Morgan fingerprint density at radius 1 is 1.35 bits per heavy atom. The third-order valence-corrected chi connectivity index (χ3v) is 3.50. The van der Waals surface area contributed by atoms with Crippen molar-refractivity contribution in [1.29, 1.82) is 0 Å². The van der Waals surface area contributed by atoms with Crippen LogP contribution in [0.25, 0.3) is 0 Å². The molecule has 0 saturated carbocycles. The van der Waals surface area contributed by atoms with Crippen LogP contribution in [0.4, 0.5) is 14.5 Å². The second-order valence-corrected chi connectivity index (χ2v) is 5.01. The summed E-state index contributed by atoms with van der Waals surface area (Å²) in [4.78, 5) is 2.24. The van der Waals surface area contributed by atoms with Crippen molar-refractivity contribution < 1.29 is 13.5 Å². The molecule has 1 saturated heterocycles. The molecule has 1 aliphatic heterocycles. The van der Waals surface area contributed by atoms with Gasteiger partial charge in [-0.1, -0.05) is 0 Å². The summed E-state index contributed by atoms with van der Waals surface area (Å²) in [6.07, 6.45) is -0.301. The van der Waals surface area contributed by atoms with Gasteiger partial charge in [0.15, 0.2) is 0 Å². The van der Waals surface area contributed by atoms with Crippen LogP contribution in [-0.4, -0.2) is 38.7 Å². The van der Waals surface area contributed by atoms with Gasteiger partial charge in [0.1, 0.15) is 5.75 Å². The maximum absolute atomic E-state index is 12.2. The van der Waals surface area contributed by atoms with Crippen LogP contribution in [0.1, 0.15) is 19.8 Å². The minimum absolute atomic E-state index is 0.143. The molecule has 0 amide bonds. The van der Waals surface area contributed by atoms with Crippen molar-refractivity contribution in [3.8, 4) is 5.75 Å². The summed E-state index contributed by atoms with van der Waals surface area (Å²) in [5, 5.41) is 2.94. The largest absolute Gasteiger partial charge is 0.494 e. The van der Waals surface area contributed by atoms with Gasteiger partial charge in [-0.05, 0) is 44.0 Å². The van der Waals surface area contributed by atoms with Crippen LogP contribution in [0, 0.1) is 0 Å². The van der Waals surface area contributed by atoms with Gasteiger partial charge >= 0.3 is 0 Å². The highest BCUT2D eigenvalue weighted by Gasteiger charge is 2.20. The van der Waals surface area contributed by atoms with E-state index in [-0.39, 0.29) is 12.6 Å². The van der Waals surface area contributed by atoms with Crippen molar-refractivity contribution in [1.82, 2.24) is 5.32 Å². The van der Waals surface area contributed by atoms with Crippen LogP contribution in [0.2, 0.25) is 0 Å². The molecule has 1 aromatic carbocycles. The number of alkyl halides is 2. The predicted octanol–water partition coefficient (Wildman–Crippen LogP) is 2.91. The van der Waals surface area contributed by atoms with Crippen LogP contribution >= 0.6 is 0 Å². The van der Waals surface area contributed by atoms with Gasteiger partial charge in [-0.2, -0.15) is 0 Å². The van der Waals surface area contributed by atoms with Gasteiger partial charge in [-0.15, -0.1) is 0 Å². The molecule has 1 heterocycles. The molecule has 1 N–H and O–H groups in total. The lowest BCUT2D eigenvalue weighted by atomic mass is 10.0. The fraction of sp³-hybridized carbons (Fsp3) is 0.600. The normalized spacial score (nSPS) is 19.4. The molecule has 20 heavy (non-hydrogen) atoms. The Kier molecular flexibility index (Phi) is 5.59. The van der Waals surface area contributed by atoms with Gasteiger partial charge in [0.05, 0.1) is 13.2 Å². The SMILES string of the molecule is CCOc1ccc(N2CCCC(NCC(F)F)C2)cc1. The van der Waals surface area contributed by atoms with Gasteiger partial charge in [0.2, 0.25) is 0 Å². The molecule has 0 spiro atoms. The van der Waals surface area contributed by atoms with E-state index in [1.54, 1.807) is 0 Å². The minimum atomic E-state index is -2.28. The lowest BCUT2D eigenvalue weighted by Gasteiger charge is -2.35. The van der Waals surface area contributed by atoms with E-state index in [2.05, 4.69) is 10.2 Å². The Labute approximate surface area is 118 Å². The van der Waals surface area contributed by atoms with Gasteiger partial charge in [0.25, 0.3) is 6.43 Å². The van der Waals surface area contributed by atoms with Gasteiger partial charge in [-0.3, -0.25) is 0 Å². The number of nitrogens with zero attached hydrogens (tertiary/aromatic N) is 1. The lowest BCUT2D eigenvalue weighted by molar-refractivity contribution is 0.140. The molecule has 0 aromatic heterocycles. The van der Waals surface area contributed by atoms with Crippen molar-refractivity contribution in [2.45, 2.75) is 32.2 Å². The van der Waals surface area contributed by atoms with Gasteiger partial charge < -0.3 is 15.0 Å². The van der Waals surface area contributed by atoms with Crippen molar-refractivity contribution in [2.24, 2.45) is 0 Å². The standard InChI is InChI=1S/C15H22F2N2O/c1-2-20-14-7-5-13(6-8-14)19-9-3-4-12(11-19)18-10-15(16)17/h5-8,12,15,18H,2-4,9-11H2,1H3. The molecular weight excluding hydrogens is 262 g/mol. The third-order valence-electron chi connectivity index (χ3n) is 3.50. The first kappa shape index (κ1) is 15.0. The van der Waals surface area contributed by atoms with Gasteiger partial charge in [-0.25, -0.2) is 8.78 Å². The summed E-state index contributed by atoms with van der Waals surface area (Å²) < 4.78 is 29.9. The summed E-state index contributed by atoms with van der Waals surface area (Å²) in [6.45, 7) is 4.14. The molecule has 1 aromatic rings. The number of nitrogens with one attached hydrogen (secondary N) is 1. The molecule has 112 valence electrons. The maximum Gasteiger partial charge on any atom is 0.250 e. The number of hydrogen-bond donors (Lipinski definition) is 1. The predicted molar refractivity (Wildman–Crippen MR) is 76.9 cm³/mol. The molecule has 0 aliphatic carbocycles. The second-order valence-electron chi connectivity index (χ2n) is 5.01. The quantitative estimate of drug-likeness (QED) is 0.869. The minimum Gasteiger partial charge on any atom is -0.494 e. The Bertz CT molecular complexity index is 397. The van der Waals surface area contributed by atoms with E-state index in [1.807, 2.05) is 31.2 Å². The van der Waals surface area contributed by atoms with E-state index >= 15 is 0 Å². The number of piperidine rings is 1. The number of halogens is 2. The second kappa shape index (κ2) is 7.43. The average Bonchev–Trinajstić information content (AvgIpc) is 2.47. The zero-order valence-corrected chi connectivity index (χ0v) is 11.8. The maximum atomic E-state index is 12.2. The Morgan fingerprint density at radius 2 is 2.10 bits per heavy atom. The van der Waals surface area contributed by atoms with Crippen LogP contribution in [0.3, 0.4) is 0 Å². The Hall–Kier alpha value is -1.36. The summed E-state index contributed by atoms with van der Waals surface area (Å²) in [5.41, 5.74) is 1.12. The van der Waals surface area contributed by atoms with E-state index in [1.165, 1.54) is 0 Å². The average molecular weight is 284 g/mol. The number of benzene rings is 1. The fourth-order valence-electron chi connectivity index (χ4n) is 2.55. The van der Waals surface area contributed by atoms with E-state index < -0.39 is 6.43 Å². The van der Waals surface area contributed by atoms with Gasteiger partial charge in [0, 0.05) is 24.8 Å². The molecular formula is C15H22F2N2O. The molecule has 5 heteroatoms. The summed E-state index contributed by atoms with van der Waals surface area (Å²) in [7, 11) is 0. The topological polar surface area (TPSA) is 24.5 Å². The lowest BCUT2D eigenvalue weighted by Crippen LogP contribution is -2.47. The summed E-state index contributed by atoms with van der Waals surface area (Å²) in [5.74, 6) is 0.862. The molecule has 1 aliphatic rings. The first-order valence-corrected chi connectivity index (χ1v) is 7.18. The van der Waals surface area contributed by atoms with E-state index in [0.29, 0.717) is 6.61 Å². The van der Waals surface area contributed by atoms with Crippen LogP contribution in [0.5, 0.6) is 5.75 Å². The summed E-state index contributed by atoms with van der Waals surface area (Å²) >= 11 is 0. The Balaban J connectivity index is 1.90. The third kappa shape index (κ3) is 4.34. The number of anilines is 1. The molecule has 1 fully saturated rings. The van der Waals surface area contributed by atoms with Crippen LogP contribution in [-0.2, 0) is 0 Å². The monoisotopic (exact) mass is 284 g/mol. The van der Waals surface area contributed by atoms with Crippen molar-refractivity contribution >= 4 is 5.69 Å². The van der Waals surface area contributed by atoms with Crippen LogP contribution < -0.4 is 15.0 Å². The van der Waals surface area contributed by atoms with E-state index in [4.69, 9.17) is 4.74 Å². The number of rotatable bonds is 6. The molecule has 2 rings (SSSR count). The van der Waals surface area contributed by atoms with Crippen LogP contribution in [0.15, 0.2) is 24.3 Å². The zero-order valence-electron chi connectivity index (χ0n) is 11.8. The van der Waals surface area contributed by atoms with Crippen molar-refractivity contribution in [3.05, 3.63) is 24.3 Å². The molecule has 1 atom stereocenters. The van der Waals surface area contributed by atoms with Crippen molar-refractivity contribution in [3.63, 3.8) is 0 Å². The first-order valence-electron chi connectivity index (χ1n) is 7.18. The van der Waals surface area contributed by atoms with E-state index in [9.17, 15) is 8.78 Å². The molecule has 3 nitrogen and oxygen atoms in total. The fourth-order valence-corrected chi connectivity index (χ4v) is 2.55. The summed E-state index contributed by atoms with van der Waals surface area (Å²) in [6, 6.07) is 8.11. The number of ether oxygens (including phenoxy) is 1. The Morgan fingerprint density at radius 3 is 2.75 bits per heavy atom. The highest BCUT2D eigenvalue weighted by atomic mass is 19.3.